The summed E-state index contributed by atoms with van der Waals surface area (Å²) in [4.78, 5) is 47.5. The summed E-state index contributed by atoms with van der Waals surface area (Å²) in [5.41, 5.74) is 0.645. The Kier molecular flexibility index (Phi) is 8.98. The van der Waals surface area contributed by atoms with Crippen molar-refractivity contribution in [3.8, 4) is 0 Å². The number of amides is 1. The number of benzene rings is 1. The molecule has 1 rings (SSSR count). The maximum absolute atomic E-state index is 12.2. The Morgan fingerprint density at radius 1 is 0.852 bits per heavy atom. The number of carbonyl (C=O) groups excluding carboxylic acids is 4. The van der Waals surface area contributed by atoms with Crippen LogP contribution in [0, 0.1) is 5.92 Å². The highest BCUT2D eigenvalue weighted by Gasteiger charge is 2.30. The van der Waals surface area contributed by atoms with Gasteiger partial charge in [-0.3, -0.25) is 19.2 Å². The molecule has 8 heteroatoms. The Morgan fingerprint density at radius 3 is 1.89 bits per heavy atom. The maximum atomic E-state index is 12.2. The topological polar surface area (TPSA) is 99.2 Å². The summed E-state index contributed by atoms with van der Waals surface area (Å²) >= 11 is 0. The van der Waals surface area contributed by atoms with Crippen LogP contribution in [0.3, 0.4) is 0 Å². The van der Waals surface area contributed by atoms with Crippen molar-refractivity contribution < 1.29 is 33.4 Å². The Morgan fingerprint density at radius 2 is 1.41 bits per heavy atom. The smallest absolute Gasteiger partial charge is 0.303 e. The second-order valence-corrected chi connectivity index (χ2v) is 5.98. The van der Waals surface area contributed by atoms with Gasteiger partial charge in [-0.25, -0.2) is 0 Å². The average molecular weight is 379 g/mol. The molecule has 0 saturated carbocycles. The minimum Gasteiger partial charge on any atom is -0.465 e. The van der Waals surface area contributed by atoms with Gasteiger partial charge in [0, 0.05) is 39.9 Å². The van der Waals surface area contributed by atoms with E-state index in [-0.39, 0.29) is 25.7 Å². The highest BCUT2D eigenvalue weighted by atomic mass is 16.6. The molecule has 0 heterocycles. The Balaban J connectivity index is 3.09. The zero-order chi connectivity index (χ0) is 20.4. The molecule has 1 aromatic carbocycles. The van der Waals surface area contributed by atoms with Gasteiger partial charge in [0.15, 0.2) is 0 Å². The molecular weight excluding hydrogens is 354 g/mol. The molecule has 0 fully saturated rings. The summed E-state index contributed by atoms with van der Waals surface area (Å²) < 4.78 is 15.3. The molecule has 1 amide bonds. The van der Waals surface area contributed by atoms with Gasteiger partial charge in [0.1, 0.15) is 12.7 Å². The number of rotatable bonds is 9. The summed E-state index contributed by atoms with van der Waals surface area (Å²) in [6.07, 6.45) is -0.878. The third kappa shape index (κ3) is 8.35. The number of nitrogens with zero attached hydrogens (tertiary/aromatic N) is 1. The first-order valence-electron chi connectivity index (χ1n) is 8.47. The molecule has 8 nitrogen and oxygen atoms in total. The van der Waals surface area contributed by atoms with Crippen LogP contribution < -0.4 is 4.90 Å². The average Bonchev–Trinajstić information content (AvgIpc) is 2.58. The fraction of sp³-hybridized carbons (Fsp3) is 0.474. The Labute approximate surface area is 158 Å². The number of ether oxygens (including phenoxy) is 3. The summed E-state index contributed by atoms with van der Waals surface area (Å²) in [7, 11) is 0. The molecule has 0 aliphatic rings. The van der Waals surface area contributed by atoms with E-state index in [0.717, 1.165) is 0 Å². The lowest BCUT2D eigenvalue weighted by Gasteiger charge is -2.31. The SMILES string of the molecule is CC(=O)OC[C@@H](CN(C(C)=O)c1ccccc1)[C@@H](COC(C)=O)OC(C)=O. The maximum Gasteiger partial charge on any atom is 0.303 e. The first kappa shape index (κ1) is 22.1. The van der Waals surface area contributed by atoms with Gasteiger partial charge < -0.3 is 19.1 Å². The molecule has 0 saturated heterocycles. The first-order valence-corrected chi connectivity index (χ1v) is 8.47. The zero-order valence-corrected chi connectivity index (χ0v) is 16.0. The van der Waals surface area contributed by atoms with Crippen LogP contribution in [-0.4, -0.2) is 49.7 Å². The van der Waals surface area contributed by atoms with Crippen molar-refractivity contribution >= 4 is 29.5 Å². The minimum absolute atomic E-state index is 0.103. The van der Waals surface area contributed by atoms with E-state index in [4.69, 9.17) is 14.2 Å². The number of anilines is 1. The van der Waals surface area contributed by atoms with E-state index < -0.39 is 29.9 Å². The zero-order valence-electron chi connectivity index (χ0n) is 16.0. The standard InChI is InChI=1S/C19H25NO7/c1-13(21)20(18-8-6-5-7-9-18)10-17(11-25-14(2)22)19(27-16(4)24)12-26-15(3)23/h5-9,17,19H,10-12H2,1-4H3/t17-,19-/m1/s1. The molecule has 27 heavy (non-hydrogen) atoms. The van der Waals surface area contributed by atoms with E-state index in [1.807, 2.05) is 6.07 Å². The monoisotopic (exact) mass is 379 g/mol. The molecule has 0 N–H and O–H groups in total. The molecule has 0 bridgehead atoms. The predicted octanol–water partition coefficient (Wildman–Crippen LogP) is 1.71. The van der Waals surface area contributed by atoms with E-state index in [0.29, 0.717) is 5.69 Å². The van der Waals surface area contributed by atoms with Gasteiger partial charge in [-0.2, -0.15) is 0 Å². The summed E-state index contributed by atoms with van der Waals surface area (Å²) in [6.45, 7) is 4.91. The normalized spacial score (nSPS) is 12.4. The second-order valence-electron chi connectivity index (χ2n) is 5.98. The minimum atomic E-state index is -0.878. The van der Waals surface area contributed by atoms with Crippen molar-refractivity contribution in [1.29, 1.82) is 0 Å². The first-order chi connectivity index (χ1) is 12.7. The van der Waals surface area contributed by atoms with Gasteiger partial charge in [-0.15, -0.1) is 0 Å². The van der Waals surface area contributed by atoms with E-state index in [9.17, 15) is 19.2 Å². The Bertz CT molecular complexity index is 659. The van der Waals surface area contributed by atoms with Gasteiger partial charge in [0.05, 0.1) is 12.5 Å². The fourth-order valence-corrected chi connectivity index (χ4v) is 2.44. The van der Waals surface area contributed by atoms with Crippen LogP contribution in [0.1, 0.15) is 27.7 Å². The summed E-state index contributed by atoms with van der Waals surface area (Å²) in [5, 5.41) is 0. The largest absolute Gasteiger partial charge is 0.465 e. The molecule has 0 aliphatic heterocycles. The number of hydrogen-bond donors (Lipinski definition) is 0. The van der Waals surface area contributed by atoms with E-state index in [1.54, 1.807) is 24.3 Å². The number of carbonyl (C=O) groups is 4. The molecule has 0 aliphatic carbocycles. The lowest BCUT2D eigenvalue weighted by Crippen LogP contribution is -2.44. The summed E-state index contributed by atoms with van der Waals surface area (Å²) in [5.74, 6) is -2.45. The summed E-state index contributed by atoms with van der Waals surface area (Å²) in [6, 6.07) is 8.92. The van der Waals surface area contributed by atoms with Gasteiger partial charge in [-0.1, -0.05) is 18.2 Å². The molecule has 0 aromatic heterocycles. The van der Waals surface area contributed by atoms with Crippen LogP contribution in [0.5, 0.6) is 0 Å². The van der Waals surface area contributed by atoms with Crippen molar-refractivity contribution in [2.24, 2.45) is 5.92 Å². The van der Waals surface area contributed by atoms with Crippen molar-refractivity contribution in [2.45, 2.75) is 33.8 Å². The van der Waals surface area contributed by atoms with Crippen LogP contribution in [0.4, 0.5) is 5.69 Å². The van der Waals surface area contributed by atoms with Crippen molar-refractivity contribution in [3.63, 3.8) is 0 Å². The second kappa shape index (κ2) is 10.9. The van der Waals surface area contributed by atoms with Crippen LogP contribution in [0.15, 0.2) is 30.3 Å². The van der Waals surface area contributed by atoms with Gasteiger partial charge in [0.2, 0.25) is 5.91 Å². The third-order valence-corrected chi connectivity index (χ3v) is 3.66. The van der Waals surface area contributed by atoms with E-state index in [2.05, 4.69) is 0 Å². The van der Waals surface area contributed by atoms with Gasteiger partial charge in [0.25, 0.3) is 0 Å². The van der Waals surface area contributed by atoms with Crippen molar-refractivity contribution in [3.05, 3.63) is 30.3 Å². The van der Waals surface area contributed by atoms with Crippen LogP contribution in [0.2, 0.25) is 0 Å². The quantitative estimate of drug-likeness (QED) is 0.476. The highest BCUT2D eigenvalue weighted by Crippen LogP contribution is 2.19. The van der Waals surface area contributed by atoms with Crippen LogP contribution in [-0.2, 0) is 33.4 Å². The number of esters is 3. The molecule has 148 valence electrons. The lowest BCUT2D eigenvalue weighted by atomic mass is 10.0. The molecule has 0 unspecified atom stereocenters. The van der Waals surface area contributed by atoms with Gasteiger partial charge >= 0.3 is 17.9 Å². The van der Waals surface area contributed by atoms with Crippen LogP contribution in [0.25, 0.3) is 0 Å². The molecular formula is C19H25NO7. The van der Waals surface area contributed by atoms with Crippen LogP contribution >= 0.6 is 0 Å². The molecule has 0 radical (unpaired) electrons. The van der Waals surface area contributed by atoms with E-state index in [1.165, 1.54) is 32.6 Å². The molecule has 2 atom stereocenters. The van der Waals surface area contributed by atoms with Gasteiger partial charge in [-0.05, 0) is 12.1 Å². The number of hydrogen-bond acceptors (Lipinski definition) is 7. The van der Waals surface area contributed by atoms with E-state index >= 15 is 0 Å². The fourth-order valence-electron chi connectivity index (χ4n) is 2.44. The third-order valence-electron chi connectivity index (χ3n) is 3.66. The highest BCUT2D eigenvalue weighted by molar-refractivity contribution is 5.91. The predicted molar refractivity (Wildman–Crippen MR) is 96.8 cm³/mol. The van der Waals surface area contributed by atoms with Crippen molar-refractivity contribution in [1.82, 2.24) is 0 Å². The lowest BCUT2D eigenvalue weighted by molar-refractivity contribution is -0.162. The van der Waals surface area contributed by atoms with Crippen molar-refractivity contribution in [2.75, 3.05) is 24.7 Å². The Hall–Kier alpha value is -2.90. The molecule has 0 spiro atoms. The number of para-hydroxylation sites is 1. The molecule has 1 aromatic rings.